The molecule has 8 nitrogen and oxygen atoms in total. The van der Waals surface area contributed by atoms with Crippen molar-refractivity contribution in [1.82, 2.24) is 14.7 Å². The number of para-hydroxylation sites is 1. The molecule has 3 heterocycles. The van der Waals surface area contributed by atoms with Crippen molar-refractivity contribution < 1.29 is 13.9 Å². The fraction of sp³-hybridized carbons (Fsp3) is 0.125. The zero-order chi connectivity index (χ0) is 28.9. The van der Waals surface area contributed by atoms with Gasteiger partial charge in [-0.3, -0.25) is 9.69 Å². The van der Waals surface area contributed by atoms with Crippen LogP contribution in [-0.2, 0) is 17.8 Å². The minimum atomic E-state index is -0.385. The Hall–Kier alpha value is -4.60. The van der Waals surface area contributed by atoms with E-state index in [0.717, 1.165) is 33.8 Å². The third kappa shape index (κ3) is 6.02. The predicted molar refractivity (Wildman–Crippen MR) is 166 cm³/mol. The molecule has 210 valence electrons. The van der Waals surface area contributed by atoms with Crippen molar-refractivity contribution in [3.63, 3.8) is 0 Å². The number of halogens is 1. The highest BCUT2D eigenvalue weighted by atomic mass is 35.5. The first-order chi connectivity index (χ1) is 20.6. The van der Waals surface area contributed by atoms with Crippen molar-refractivity contribution in [2.24, 2.45) is 10.2 Å². The summed E-state index contributed by atoms with van der Waals surface area (Å²) in [5, 5.41) is 14.5. The topological polar surface area (TPSA) is 85.2 Å². The summed E-state index contributed by atoms with van der Waals surface area (Å²) in [5.74, 6) is 1.35. The number of thioether (sulfide) groups is 1. The lowest BCUT2D eigenvalue weighted by Gasteiger charge is -2.14. The number of ether oxygens (including phenoxy) is 1. The molecule has 0 bridgehead atoms. The lowest BCUT2D eigenvalue weighted by molar-refractivity contribution is -0.126. The van der Waals surface area contributed by atoms with Gasteiger partial charge in [-0.1, -0.05) is 59.8 Å². The molecule has 0 aliphatic carbocycles. The van der Waals surface area contributed by atoms with Gasteiger partial charge in [0.05, 0.1) is 37.1 Å². The summed E-state index contributed by atoms with van der Waals surface area (Å²) in [7, 11) is 1.64. The summed E-state index contributed by atoms with van der Waals surface area (Å²) in [4.78, 5) is 15.1. The van der Waals surface area contributed by atoms with Gasteiger partial charge in [0, 0.05) is 22.3 Å². The molecule has 1 saturated heterocycles. The highest BCUT2D eigenvalue weighted by Gasteiger charge is 2.39. The summed E-state index contributed by atoms with van der Waals surface area (Å²) in [6, 6.07) is 28.7. The van der Waals surface area contributed by atoms with E-state index in [4.69, 9.17) is 25.9 Å². The molecule has 1 aliphatic heterocycles. The molecular weight excluding hydrogens is 570 g/mol. The molecule has 42 heavy (non-hydrogen) atoms. The molecule has 0 saturated carbocycles. The summed E-state index contributed by atoms with van der Waals surface area (Å²) in [6.07, 6.45) is 5.64. The highest BCUT2D eigenvalue weighted by Crippen LogP contribution is 2.33. The molecule has 10 heteroatoms. The SMILES string of the molecule is COc1ccc(-c2nn(-c3ccccc3)cc2C=NN=C2SC(Cc3ccccc3Cl)C(=O)N2Cc2ccco2)cc1. The Labute approximate surface area is 252 Å². The fourth-order valence-electron chi connectivity index (χ4n) is 4.59. The van der Waals surface area contributed by atoms with E-state index in [1.54, 1.807) is 30.6 Å². The van der Waals surface area contributed by atoms with Crippen LogP contribution in [0.1, 0.15) is 16.9 Å². The average Bonchev–Trinajstić information content (AvgIpc) is 3.76. The first-order valence-corrected chi connectivity index (χ1v) is 14.5. The summed E-state index contributed by atoms with van der Waals surface area (Å²) in [6.45, 7) is 0.259. The number of furan rings is 1. The van der Waals surface area contributed by atoms with Crippen molar-refractivity contribution in [2.45, 2.75) is 18.2 Å². The van der Waals surface area contributed by atoms with E-state index in [0.29, 0.717) is 22.4 Å². The van der Waals surface area contributed by atoms with Crippen molar-refractivity contribution in [1.29, 1.82) is 0 Å². The number of hydrogen-bond acceptors (Lipinski definition) is 7. The van der Waals surface area contributed by atoms with Crippen LogP contribution in [0.25, 0.3) is 16.9 Å². The van der Waals surface area contributed by atoms with Gasteiger partial charge in [-0.25, -0.2) is 4.68 Å². The number of nitrogens with zero attached hydrogens (tertiary/aromatic N) is 5. The van der Waals surface area contributed by atoms with Crippen LogP contribution >= 0.6 is 23.4 Å². The van der Waals surface area contributed by atoms with E-state index in [-0.39, 0.29) is 17.7 Å². The van der Waals surface area contributed by atoms with Gasteiger partial charge >= 0.3 is 0 Å². The molecule has 1 aliphatic rings. The number of amidine groups is 1. The van der Waals surface area contributed by atoms with Crippen LogP contribution in [0, 0.1) is 0 Å². The van der Waals surface area contributed by atoms with Gasteiger partial charge < -0.3 is 9.15 Å². The van der Waals surface area contributed by atoms with Crippen LogP contribution in [0.2, 0.25) is 5.02 Å². The summed E-state index contributed by atoms with van der Waals surface area (Å²) >= 11 is 7.77. The Morgan fingerprint density at radius 1 is 1.02 bits per heavy atom. The zero-order valence-corrected chi connectivity index (χ0v) is 24.2. The maximum atomic E-state index is 13.5. The van der Waals surface area contributed by atoms with Gasteiger partial charge in [0.15, 0.2) is 5.17 Å². The van der Waals surface area contributed by atoms with Crippen LogP contribution in [0.15, 0.2) is 118 Å². The standard InChI is InChI=1S/C32H26ClN5O3S/c1-40-26-15-13-22(14-16-26)30-24(20-38(36-30)25-9-3-2-4-10-25)19-34-35-32-37(21-27-11-7-17-41-27)31(39)29(42-32)18-23-8-5-6-12-28(23)33/h2-17,19-20,29H,18,21H2,1H3. The molecule has 5 aromatic rings. The third-order valence-corrected chi connectivity index (χ3v) is 8.28. The minimum absolute atomic E-state index is 0.0684. The molecule has 1 unspecified atom stereocenters. The zero-order valence-electron chi connectivity index (χ0n) is 22.6. The molecule has 1 atom stereocenters. The molecule has 1 fully saturated rings. The van der Waals surface area contributed by atoms with Crippen LogP contribution in [0.4, 0.5) is 0 Å². The maximum Gasteiger partial charge on any atom is 0.242 e. The second-order valence-electron chi connectivity index (χ2n) is 9.47. The molecule has 6 rings (SSSR count). The predicted octanol–water partition coefficient (Wildman–Crippen LogP) is 6.87. The van der Waals surface area contributed by atoms with Crippen molar-refractivity contribution >= 4 is 40.7 Å². The molecule has 0 spiro atoms. The summed E-state index contributed by atoms with van der Waals surface area (Å²) in [5.41, 5.74) is 4.24. The van der Waals surface area contributed by atoms with Crippen molar-refractivity contribution in [3.05, 3.63) is 125 Å². The molecular formula is C32H26ClN5O3S. The van der Waals surface area contributed by atoms with Crippen LogP contribution < -0.4 is 4.74 Å². The largest absolute Gasteiger partial charge is 0.497 e. The molecule has 1 amide bonds. The van der Waals surface area contributed by atoms with Gasteiger partial charge in [-0.15, -0.1) is 5.10 Å². The lowest BCUT2D eigenvalue weighted by Crippen LogP contribution is -2.32. The number of benzene rings is 3. The average molecular weight is 596 g/mol. The van der Waals surface area contributed by atoms with Crippen molar-refractivity contribution in [3.8, 4) is 22.7 Å². The van der Waals surface area contributed by atoms with E-state index in [9.17, 15) is 4.79 Å². The number of methoxy groups -OCH3 is 1. The second-order valence-corrected chi connectivity index (χ2v) is 11.1. The number of carbonyl (C=O) groups is 1. The number of rotatable bonds is 9. The quantitative estimate of drug-likeness (QED) is 0.137. The number of amides is 1. The Kier molecular flexibility index (Phi) is 8.21. The van der Waals surface area contributed by atoms with Gasteiger partial charge in [0.2, 0.25) is 5.91 Å². The minimum Gasteiger partial charge on any atom is -0.497 e. The van der Waals surface area contributed by atoms with Crippen molar-refractivity contribution in [2.75, 3.05) is 7.11 Å². The summed E-state index contributed by atoms with van der Waals surface area (Å²) < 4.78 is 12.7. The molecule has 0 radical (unpaired) electrons. The first kappa shape index (κ1) is 27.6. The molecule has 3 aromatic carbocycles. The fourth-order valence-corrected chi connectivity index (χ4v) is 5.93. The third-order valence-electron chi connectivity index (χ3n) is 6.74. The number of hydrogen-bond donors (Lipinski definition) is 0. The molecule has 0 N–H and O–H groups in total. The highest BCUT2D eigenvalue weighted by molar-refractivity contribution is 8.15. The van der Waals surface area contributed by atoms with Crippen LogP contribution in [-0.4, -0.2) is 44.3 Å². The Morgan fingerprint density at radius 2 is 1.81 bits per heavy atom. The molecule has 2 aromatic heterocycles. The van der Waals surface area contributed by atoms with E-state index in [1.165, 1.54) is 11.8 Å². The number of aromatic nitrogens is 2. The van der Waals surface area contributed by atoms with Gasteiger partial charge in [-0.05, 0) is 66.6 Å². The van der Waals surface area contributed by atoms with Crippen LogP contribution in [0.5, 0.6) is 5.75 Å². The van der Waals surface area contributed by atoms with Gasteiger partial charge in [-0.2, -0.15) is 10.2 Å². The van der Waals surface area contributed by atoms with E-state index in [1.807, 2.05) is 95.8 Å². The lowest BCUT2D eigenvalue weighted by atomic mass is 10.1. The number of carbonyl (C=O) groups excluding carboxylic acids is 1. The van der Waals surface area contributed by atoms with Gasteiger partial charge in [0.25, 0.3) is 0 Å². The smallest absolute Gasteiger partial charge is 0.242 e. The maximum absolute atomic E-state index is 13.5. The van der Waals surface area contributed by atoms with E-state index >= 15 is 0 Å². The first-order valence-electron chi connectivity index (χ1n) is 13.2. The van der Waals surface area contributed by atoms with Crippen LogP contribution in [0.3, 0.4) is 0 Å². The van der Waals surface area contributed by atoms with E-state index in [2.05, 4.69) is 10.2 Å². The Bertz CT molecular complexity index is 1730. The Balaban J connectivity index is 1.32. The van der Waals surface area contributed by atoms with Gasteiger partial charge in [0.1, 0.15) is 17.2 Å². The Morgan fingerprint density at radius 3 is 2.55 bits per heavy atom. The second kappa shape index (κ2) is 12.5. The normalized spacial score (nSPS) is 16.1. The monoisotopic (exact) mass is 595 g/mol. The van der Waals surface area contributed by atoms with E-state index < -0.39 is 0 Å².